The van der Waals surface area contributed by atoms with Crippen LogP contribution in [0, 0.1) is 0 Å². The SMILES string of the molecule is [2H]c1cc2c(cc1[2H])c1c([2H])c([2H])cc([2H])c1c1c([2H])c(-c3ccc4oc5cccc(-c6nc(-c7ccccc7)nc(-c7ccccc7)n6)c5c4c3)c([2H])cc21. The van der Waals surface area contributed by atoms with Crippen LogP contribution in [0.5, 0.6) is 0 Å². The van der Waals surface area contributed by atoms with Gasteiger partial charge in [0, 0.05) is 27.5 Å². The molecule has 0 N–H and O–H groups in total. The zero-order chi connectivity index (χ0) is 38.4. The fraction of sp³-hybridized carbons (Fsp3) is 0. The maximum absolute atomic E-state index is 9.67. The van der Waals surface area contributed by atoms with E-state index in [1.807, 2.05) is 97.1 Å². The first-order valence-corrected chi connectivity index (χ1v) is 15.9. The topological polar surface area (TPSA) is 51.8 Å². The minimum absolute atomic E-state index is 0.0173. The van der Waals surface area contributed by atoms with Crippen molar-refractivity contribution in [2.45, 2.75) is 0 Å². The van der Waals surface area contributed by atoms with Crippen molar-refractivity contribution in [3.63, 3.8) is 0 Å². The maximum Gasteiger partial charge on any atom is 0.164 e. The summed E-state index contributed by atoms with van der Waals surface area (Å²) in [5.41, 5.74) is 4.49. The zero-order valence-electron chi connectivity index (χ0n) is 32.8. The highest BCUT2D eigenvalue weighted by molar-refractivity contribution is 6.25. The van der Waals surface area contributed by atoms with Gasteiger partial charge in [0.15, 0.2) is 17.5 Å². The highest BCUT2D eigenvalue weighted by atomic mass is 16.3. The number of aromatic nitrogens is 3. The van der Waals surface area contributed by atoms with Crippen molar-refractivity contribution in [3.8, 4) is 45.3 Å². The van der Waals surface area contributed by atoms with Gasteiger partial charge in [0.25, 0.3) is 0 Å². The molecule has 4 heteroatoms. The molecule has 10 aromatic rings. The summed E-state index contributed by atoms with van der Waals surface area (Å²) in [6.45, 7) is 0. The second kappa shape index (κ2) is 11.0. The molecule has 2 aromatic heterocycles. The van der Waals surface area contributed by atoms with Crippen LogP contribution in [0.15, 0.2) is 168 Å². The fourth-order valence-electron chi connectivity index (χ4n) is 6.67. The number of furan rings is 1. The van der Waals surface area contributed by atoms with Crippen molar-refractivity contribution in [1.29, 1.82) is 0 Å². The Bertz CT molecular complexity index is 3220. The van der Waals surface area contributed by atoms with Crippen molar-refractivity contribution < 1.29 is 14.0 Å². The summed E-state index contributed by atoms with van der Waals surface area (Å²) in [7, 11) is 0. The van der Waals surface area contributed by atoms with Gasteiger partial charge in [-0.25, -0.2) is 15.0 Å². The molecule has 4 nitrogen and oxygen atoms in total. The Hall–Kier alpha value is -6.65. The first-order chi connectivity index (χ1) is 27.2. The molecule has 0 atom stereocenters. The third kappa shape index (κ3) is 4.49. The maximum atomic E-state index is 9.67. The van der Waals surface area contributed by atoms with Crippen LogP contribution in [0.4, 0.5) is 0 Å². The highest BCUT2D eigenvalue weighted by Gasteiger charge is 2.18. The first-order valence-electron chi connectivity index (χ1n) is 19.4. The lowest BCUT2D eigenvalue weighted by molar-refractivity contribution is 0.669. The number of hydrogen-bond acceptors (Lipinski definition) is 4. The Morgan fingerprint density at radius 1 is 0.408 bits per heavy atom. The van der Waals surface area contributed by atoms with Crippen LogP contribution >= 0.6 is 0 Å². The van der Waals surface area contributed by atoms with E-state index in [1.165, 1.54) is 18.2 Å². The summed E-state index contributed by atoms with van der Waals surface area (Å²) in [4.78, 5) is 14.8. The van der Waals surface area contributed by atoms with E-state index in [2.05, 4.69) is 0 Å². The number of hydrogen-bond donors (Lipinski definition) is 0. The molecule has 0 saturated carbocycles. The van der Waals surface area contributed by atoms with E-state index in [4.69, 9.17) is 26.2 Å². The zero-order valence-corrected chi connectivity index (χ0v) is 25.8. The van der Waals surface area contributed by atoms with E-state index in [0.717, 1.165) is 27.5 Å². The van der Waals surface area contributed by atoms with E-state index >= 15 is 0 Å². The number of fused-ring (bicyclic) bond motifs is 9. The van der Waals surface area contributed by atoms with E-state index < -0.39 is 0 Å². The summed E-state index contributed by atoms with van der Waals surface area (Å²) in [6.07, 6.45) is 0. The molecular formula is C45H27N3O. The summed E-state index contributed by atoms with van der Waals surface area (Å²) in [5.74, 6) is 1.50. The Labute approximate surface area is 291 Å². The lowest BCUT2D eigenvalue weighted by Crippen LogP contribution is -2.00. The molecule has 0 amide bonds. The Kier molecular flexibility index (Phi) is 4.76. The lowest BCUT2D eigenvalue weighted by Gasteiger charge is -2.12. The van der Waals surface area contributed by atoms with Gasteiger partial charge in [-0.15, -0.1) is 0 Å². The van der Waals surface area contributed by atoms with Crippen LogP contribution in [0.1, 0.15) is 9.60 Å². The van der Waals surface area contributed by atoms with Crippen LogP contribution in [0.3, 0.4) is 0 Å². The van der Waals surface area contributed by atoms with Crippen LogP contribution in [0.2, 0.25) is 0 Å². The smallest absolute Gasteiger partial charge is 0.164 e. The van der Waals surface area contributed by atoms with Crippen LogP contribution < -0.4 is 0 Å². The van der Waals surface area contributed by atoms with Crippen molar-refractivity contribution in [3.05, 3.63) is 164 Å². The summed E-state index contributed by atoms with van der Waals surface area (Å²) in [6, 6.07) is 36.3. The lowest BCUT2D eigenvalue weighted by atomic mass is 9.92. The van der Waals surface area contributed by atoms with Crippen molar-refractivity contribution >= 4 is 54.3 Å². The molecule has 228 valence electrons. The number of benzene rings is 8. The molecule has 0 saturated heterocycles. The number of nitrogens with zero attached hydrogens (tertiary/aromatic N) is 3. The quantitative estimate of drug-likeness (QED) is 0.181. The van der Waals surface area contributed by atoms with Crippen LogP contribution in [-0.4, -0.2) is 15.0 Å². The predicted octanol–water partition coefficient (Wildman–Crippen LogP) is 11.9. The van der Waals surface area contributed by atoms with E-state index in [0.29, 0.717) is 66.7 Å². The van der Waals surface area contributed by atoms with Gasteiger partial charge >= 0.3 is 0 Å². The van der Waals surface area contributed by atoms with Gasteiger partial charge in [-0.1, -0.05) is 139 Å². The van der Waals surface area contributed by atoms with Gasteiger partial charge in [-0.2, -0.15) is 0 Å². The van der Waals surface area contributed by atoms with Gasteiger partial charge in [0.1, 0.15) is 11.2 Å². The average molecular weight is 633 g/mol. The highest BCUT2D eigenvalue weighted by Crippen LogP contribution is 2.40. The molecule has 0 aliphatic carbocycles. The van der Waals surface area contributed by atoms with E-state index in [1.54, 1.807) is 6.07 Å². The molecule has 0 bridgehead atoms. The molecule has 49 heavy (non-hydrogen) atoms. The predicted molar refractivity (Wildman–Crippen MR) is 201 cm³/mol. The largest absolute Gasteiger partial charge is 0.456 e. The summed E-state index contributed by atoms with van der Waals surface area (Å²) in [5, 5.41) is 3.81. The first kappa shape index (κ1) is 21.3. The molecule has 0 unspecified atom stereocenters. The molecule has 2 heterocycles. The number of rotatable bonds is 4. The molecule has 8 aromatic carbocycles. The van der Waals surface area contributed by atoms with Gasteiger partial charge in [-0.3, -0.25) is 0 Å². The summed E-state index contributed by atoms with van der Waals surface area (Å²) >= 11 is 0. The van der Waals surface area contributed by atoms with E-state index in [-0.39, 0.29) is 47.7 Å². The standard InChI is InChI=1S/C45H27N3O/c1-3-12-28(13-4-1)43-46-44(29-14-5-2-6-15-29)48-45(47-43)37-20-11-21-41-42(37)39-27-31(23-25-40(39)49-41)30-22-24-36-34-18-8-7-16-32(34)33-17-9-10-19-35(33)38(36)26-30/h1-27H/i7D,8D,9D,17D,19D,22D,26D. The second-order valence-corrected chi connectivity index (χ2v) is 11.8. The molecule has 0 spiro atoms. The minimum Gasteiger partial charge on any atom is -0.456 e. The minimum atomic E-state index is -0.147. The van der Waals surface area contributed by atoms with Crippen LogP contribution in [0.25, 0.3) is 99.5 Å². The van der Waals surface area contributed by atoms with Crippen molar-refractivity contribution in [2.24, 2.45) is 0 Å². The third-order valence-electron chi connectivity index (χ3n) is 8.96. The Morgan fingerprint density at radius 2 is 1.08 bits per heavy atom. The van der Waals surface area contributed by atoms with Gasteiger partial charge in [-0.05, 0) is 67.7 Å². The van der Waals surface area contributed by atoms with Crippen molar-refractivity contribution in [1.82, 2.24) is 15.0 Å². The molecule has 0 fully saturated rings. The molecule has 0 aliphatic heterocycles. The monoisotopic (exact) mass is 632 g/mol. The van der Waals surface area contributed by atoms with Crippen molar-refractivity contribution in [2.75, 3.05) is 0 Å². The molecule has 10 rings (SSSR count). The second-order valence-electron chi connectivity index (χ2n) is 11.8. The molecule has 0 aliphatic rings. The summed E-state index contributed by atoms with van der Waals surface area (Å²) < 4.78 is 68.3. The van der Waals surface area contributed by atoms with Gasteiger partial charge in [0.05, 0.1) is 9.60 Å². The normalized spacial score (nSPS) is 13.7. The molecular weight excluding hydrogens is 599 g/mol. The Balaban J connectivity index is 1.24. The average Bonchev–Trinajstić information content (AvgIpc) is 3.59. The van der Waals surface area contributed by atoms with Crippen LogP contribution in [-0.2, 0) is 0 Å². The fourth-order valence-corrected chi connectivity index (χ4v) is 6.67. The third-order valence-corrected chi connectivity index (χ3v) is 8.96. The van der Waals surface area contributed by atoms with Gasteiger partial charge in [0.2, 0.25) is 0 Å². The Morgan fingerprint density at radius 3 is 1.84 bits per heavy atom. The molecule has 0 radical (unpaired) electrons. The van der Waals surface area contributed by atoms with Gasteiger partial charge < -0.3 is 4.42 Å². The van der Waals surface area contributed by atoms with E-state index in [9.17, 15) is 2.74 Å².